The average Bonchev–Trinajstić information content (AvgIpc) is 2.64. The molecule has 0 fully saturated rings. The normalized spacial score (nSPS) is 10.4. The van der Waals surface area contributed by atoms with Crippen molar-refractivity contribution in [1.82, 2.24) is 9.97 Å². The molecule has 0 aliphatic rings. The zero-order valence-electron chi connectivity index (χ0n) is 14.6. The molecule has 2 aromatic carbocycles. The molecular formula is C20H19ClN4O. The highest BCUT2D eigenvalue weighted by Crippen LogP contribution is 2.18. The summed E-state index contributed by atoms with van der Waals surface area (Å²) in [5, 5.41) is 6.66. The van der Waals surface area contributed by atoms with Crippen LogP contribution in [0.3, 0.4) is 0 Å². The minimum Gasteiger partial charge on any atom is -0.350 e. The number of anilines is 2. The summed E-state index contributed by atoms with van der Waals surface area (Å²) in [6.45, 7) is 4.48. The second kappa shape index (κ2) is 7.97. The van der Waals surface area contributed by atoms with Gasteiger partial charge in [-0.3, -0.25) is 4.79 Å². The van der Waals surface area contributed by atoms with Crippen LogP contribution in [0.4, 0.5) is 11.6 Å². The largest absolute Gasteiger partial charge is 0.350 e. The van der Waals surface area contributed by atoms with E-state index in [4.69, 9.17) is 11.6 Å². The number of amides is 1. The molecule has 0 aliphatic heterocycles. The highest BCUT2D eigenvalue weighted by molar-refractivity contribution is 6.31. The van der Waals surface area contributed by atoms with Crippen molar-refractivity contribution in [3.8, 4) is 0 Å². The van der Waals surface area contributed by atoms with Gasteiger partial charge >= 0.3 is 0 Å². The van der Waals surface area contributed by atoms with Crippen molar-refractivity contribution in [1.29, 1.82) is 0 Å². The molecule has 1 aromatic heterocycles. The van der Waals surface area contributed by atoms with Gasteiger partial charge in [-0.25, -0.2) is 9.97 Å². The molecule has 0 aliphatic carbocycles. The molecule has 0 saturated heterocycles. The Bertz CT molecular complexity index is 925. The van der Waals surface area contributed by atoms with E-state index >= 15 is 0 Å². The average molecular weight is 367 g/mol. The number of rotatable bonds is 5. The van der Waals surface area contributed by atoms with Crippen molar-refractivity contribution < 1.29 is 4.79 Å². The van der Waals surface area contributed by atoms with Crippen LogP contribution in [0.25, 0.3) is 0 Å². The zero-order chi connectivity index (χ0) is 18.5. The molecule has 132 valence electrons. The van der Waals surface area contributed by atoms with Gasteiger partial charge in [0.05, 0.1) is 5.56 Å². The predicted molar refractivity (Wildman–Crippen MR) is 105 cm³/mol. The summed E-state index contributed by atoms with van der Waals surface area (Å²) in [7, 11) is 0. The van der Waals surface area contributed by atoms with Crippen LogP contribution < -0.4 is 10.6 Å². The lowest BCUT2D eigenvalue weighted by Gasteiger charge is -2.10. The van der Waals surface area contributed by atoms with Gasteiger partial charge in [0.2, 0.25) is 5.95 Å². The third-order valence-electron chi connectivity index (χ3n) is 3.94. The Balaban J connectivity index is 1.63. The number of hydrogen-bond donors (Lipinski definition) is 2. The Kier molecular flexibility index (Phi) is 5.49. The van der Waals surface area contributed by atoms with E-state index in [-0.39, 0.29) is 5.91 Å². The second-order valence-corrected chi connectivity index (χ2v) is 6.42. The first kappa shape index (κ1) is 17.9. The van der Waals surface area contributed by atoms with Gasteiger partial charge in [0.1, 0.15) is 0 Å². The van der Waals surface area contributed by atoms with E-state index in [0.717, 1.165) is 22.4 Å². The highest BCUT2D eigenvalue weighted by Gasteiger charge is 2.09. The summed E-state index contributed by atoms with van der Waals surface area (Å²) in [5.41, 5.74) is 4.29. The number of aromatic nitrogens is 2. The van der Waals surface area contributed by atoms with Gasteiger partial charge in [-0.15, -0.1) is 0 Å². The van der Waals surface area contributed by atoms with Crippen molar-refractivity contribution in [3.63, 3.8) is 0 Å². The zero-order valence-corrected chi connectivity index (χ0v) is 15.3. The van der Waals surface area contributed by atoms with Crippen LogP contribution in [-0.4, -0.2) is 15.9 Å². The lowest BCUT2D eigenvalue weighted by Crippen LogP contribution is -2.14. The minimum atomic E-state index is -0.241. The number of carbonyl (C=O) groups excluding carboxylic acids is 1. The number of halogens is 1. The third-order valence-corrected chi connectivity index (χ3v) is 4.31. The maximum atomic E-state index is 12.4. The summed E-state index contributed by atoms with van der Waals surface area (Å²) in [5.74, 6) is 0.197. The van der Waals surface area contributed by atoms with Crippen molar-refractivity contribution in [2.24, 2.45) is 0 Å². The maximum Gasteiger partial charge on any atom is 0.258 e. The molecule has 0 bridgehead atoms. The molecule has 1 amide bonds. The number of hydrogen-bond acceptors (Lipinski definition) is 4. The van der Waals surface area contributed by atoms with Gasteiger partial charge < -0.3 is 10.6 Å². The fourth-order valence-electron chi connectivity index (χ4n) is 2.50. The topological polar surface area (TPSA) is 66.9 Å². The first-order chi connectivity index (χ1) is 12.5. The Morgan fingerprint density at radius 1 is 1.08 bits per heavy atom. The Hall–Kier alpha value is -2.92. The van der Waals surface area contributed by atoms with E-state index in [9.17, 15) is 4.79 Å². The number of carbonyl (C=O) groups is 1. The molecule has 26 heavy (non-hydrogen) atoms. The molecule has 0 radical (unpaired) electrons. The molecule has 0 atom stereocenters. The fraction of sp³-hybridized carbons (Fsp3) is 0.150. The van der Waals surface area contributed by atoms with Crippen LogP contribution in [-0.2, 0) is 6.54 Å². The monoisotopic (exact) mass is 366 g/mol. The Morgan fingerprint density at radius 2 is 1.81 bits per heavy atom. The summed E-state index contributed by atoms with van der Waals surface area (Å²) in [4.78, 5) is 20.8. The van der Waals surface area contributed by atoms with Gasteiger partial charge in [0.15, 0.2) is 0 Å². The number of nitrogens with one attached hydrogen (secondary N) is 2. The molecule has 3 rings (SSSR count). The molecule has 1 heterocycles. The smallest absolute Gasteiger partial charge is 0.258 e. The summed E-state index contributed by atoms with van der Waals surface area (Å²) < 4.78 is 0. The Morgan fingerprint density at radius 3 is 2.50 bits per heavy atom. The fourth-order valence-corrected chi connectivity index (χ4v) is 2.70. The number of nitrogens with zero attached hydrogens (tertiary/aromatic N) is 2. The van der Waals surface area contributed by atoms with E-state index in [0.29, 0.717) is 23.1 Å². The van der Waals surface area contributed by atoms with Crippen LogP contribution in [0.15, 0.2) is 54.9 Å². The van der Waals surface area contributed by atoms with E-state index < -0.39 is 0 Å². The number of aryl methyl sites for hydroxylation is 2. The quantitative estimate of drug-likeness (QED) is 0.691. The third kappa shape index (κ3) is 4.37. The summed E-state index contributed by atoms with van der Waals surface area (Å²) in [6, 6.07) is 13.4. The van der Waals surface area contributed by atoms with Crippen LogP contribution in [0.1, 0.15) is 27.0 Å². The molecule has 0 saturated carbocycles. The van der Waals surface area contributed by atoms with Gasteiger partial charge in [-0.2, -0.15) is 0 Å². The van der Waals surface area contributed by atoms with Crippen LogP contribution in [0.2, 0.25) is 5.02 Å². The van der Waals surface area contributed by atoms with Crippen molar-refractivity contribution in [3.05, 3.63) is 82.1 Å². The minimum absolute atomic E-state index is 0.241. The predicted octanol–water partition coefficient (Wildman–Crippen LogP) is 4.61. The van der Waals surface area contributed by atoms with Crippen LogP contribution in [0.5, 0.6) is 0 Å². The van der Waals surface area contributed by atoms with Gasteiger partial charge in [-0.1, -0.05) is 47.5 Å². The first-order valence-corrected chi connectivity index (χ1v) is 8.58. The van der Waals surface area contributed by atoms with Crippen molar-refractivity contribution >= 4 is 29.1 Å². The molecular weight excluding hydrogens is 348 g/mol. The Labute approximate surface area is 157 Å². The standard InChI is InChI=1S/C20H19ClN4O/c1-13-7-8-18(14(2)9-13)25-19(26)16-11-23-20(24-12-16)22-10-15-5-3-4-6-17(15)21/h3-9,11-12H,10H2,1-2H3,(H,25,26)(H,22,23,24). The highest BCUT2D eigenvalue weighted by atomic mass is 35.5. The molecule has 5 nitrogen and oxygen atoms in total. The van der Waals surface area contributed by atoms with E-state index in [2.05, 4.69) is 20.6 Å². The lowest BCUT2D eigenvalue weighted by molar-refractivity contribution is 0.102. The van der Waals surface area contributed by atoms with Gasteiger partial charge in [0, 0.05) is 29.6 Å². The maximum absolute atomic E-state index is 12.4. The molecule has 2 N–H and O–H groups in total. The SMILES string of the molecule is Cc1ccc(NC(=O)c2cnc(NCc3ccccc3Cl)nc2)c(C)c1. The van der Waals surface area contributed by atoms with E-state index in [1.807, 2.05) is 56.3 Å². The van der Waals surface area contributed by atoms with Crippen LogP contribution in [0, 0.1) is 13.8 Å². The molecule has 6 heteroatoms. The van der Waals surface area contributed by atoms with E-state index in [1.165, 1.54) is 12.4 Å². The molecule has 0 spiro atoms. The lowest BCUT2D eigenvalue weighted by atomic mass is 10.1. The summed E-state index contributed by atoms with van der Waals surface area (Å²) >= 11 is 6.12. The van der Waals surface area contributed by atoms with Crippen molar-refractivity contribution in [2.45, 2.75) is 20.4 Å². The summed E-state index contributed by atoms with van der Waals surface area (Å²) in [6.07, 6.45) is 3.00. The van der Waals surface area contributed by atoms with Crippen molar-refractivity contribution in [2.75, 3.05) is 10.6 Å². The second-order valence-electron chi connectivity index (χ2n) is 6.01. The van der Waals surface area contributed by atoms with Gasteiger partial charge in [-0.05, 0) is 37.1 Å². The molecule has 3 aromatic rings. The first-order valence-electron chi connectivity index (χ1n) is 8.21. The number of benzene rings is 2. The van der Waals surface area contributed by atoms with Gasteiger partial charge in [0.25, 0.3) is 5.91 Å². The van der Waals surface area contributed by atoms with E-state index in [1.54, 1.807) is 0 Å². The van der Waals surface area contributed by atoms with Crippen LogP contribution >= 0.6 is 11.6 Å². The molecule has 0 unspecified atom stereocenters.